The SMILES string of the molecule is CCCCCCNCCCCCCCCCCCCNC(=O)C1=Cc2ccc(O)cc2OC12CO2. The quantitative estimate of drug-likeness (QED) is 0.163. The Labute approximate surface area is 211 Å². The minimum absolute atomic E-state index is 0.132. The van der Waals surface area contributed by atoms with Gasteiger partial charge in [0.15, 0.2) is 0 Å². The number of benzene rings is 1. The molecular formula is C29H46N2O4. The Morgan fingerprint density at radius 1 is 0.886 bits per heavy atom. The normalized spacial score (nSPS) is 18.1. The van der Waals surface area contributed by atoms with Gasteiger partial charge in [-0.15, -0.1) is 0 Å². The van der Waals surface area contributed by atoms with Crippen molar-refractivity contribution in [2.75, 3.05) is 26.2 Å². The second-order valence-electron chi connectivity index (χ2n) is 10.0. The van der Waals surface area contributed by atoms with Crippen LogP contribution >= 0.6 is 0 Å². The summed E-state index contributed by atoms with van der Waals surface area (Å²) in [5.74, 6) is -0.426. The Kier molecular flexibility index (Phi) is 11.9. The molecule has 6 heteroatoms. The molecule has 196 valence electrons. The first-order chi connectivity index (χ1) is 17.1. The number of nitrogens with one attached hydrogen (secondary N) is 2. The third kappa shape index (κ3) is 9.49. The van der Waals surface area contributed by atoms with Crippen LogP contribution in [0.15, 0.2) is 23.8 Å². The van der Waals surface area contributed by atoms with Crippen LogP contribution in [-0.2, 0) is 9.53 Å². The predicted molar refractivity (Wildman–Crippen MR) is 142 cm³/mol. The molecule has 1 atom stereocenters. The molecule has 6 nitrogen and oxygen atoms in total. The summed E-state index contributed by atoms with van der Waals surface area (Å²) in [5, 5.41) is 16.2. The van der Waals surface area contributed by atoms with Crippen molar-refractivity contribution in [3.63, 3.8) is 0 Å². The lowest BCUT2D eigenvalue weighted by atomic mass is 10.0. The van der Waals surface area contributed by atoms with Crippen LogP contribution in [0.1, 0.15) is 102 Å². The Hall–Kier alpha value is -2.05. The van der Waals surface area contributed by atoms with Gasteiger partial charge in [-0.3, -0.25) is 4.79 Å². The Morgan fingerprint density at radius 2 is 1.46 bits per heavy atom. The summed E-state index contributed by atoms with van der Waals surface area (Å²) in [6, 6.07) is 4.90. The van der Waals surface area contributed by atoms with Gasteiger partial charge in [-0.05, 0) is 50.6 Å². The van der Waals surface area contributed by atoms with E-state index in [1.165, 1.54) is 90.1 Å². The average Bonchev–Trinajstić information content (AvgIpc) is 3.61. The second-order valence-corrected chi connectivity index (χ2v) is 10.0. The molecule has 0 aliphatic carbocycles. The van der Waals surface area contributed by atoms with Crippen LogP contribution in [0.25, 0.3) is 6.08 Å². The molecule has 0 saturated carbocycles. The number of ether oxygens (including phenoxy) is 2. The van der Waals surface area contributed by atoms with Crippen molar-refractivity contribution in [1.29, 1.82) is 0 Å². The summed E-state index contributed by atoms with van der Waals surface area (Å²) in [6.07, 6.45) is 19.9. The summed E-state index contributed by atoms with van der Waals surface area (Å²) in [7, 11) is 0. The van der Waals surface area contributed by atoms with Crippen molar-refractivity contribution in [2.45, 2.75) is 103 Å². The molecule has 2 aliphatic rings. The van der Waals surface area contributed by atoms with E-state index < -0.39 is 5.79 Å². The maximum atomic E-state index is 12.7. The molecular weight excluding hydrogens is 440 g/mol. The molecule has 1 spiro atoms. The van der Waals surface area contributed by atoms with Gasteiger partial charge in [0, 0.05) is 18.2 Å². The highest BCUT2D eigenvalue weighted by Crippen LogP contribution is 2.44. The Morgan fingerprint density at radius 3 is 2.06 bits per heavy atom. The lowest BCUT2D eigenvalue weighted by molar-refractivity contribution is -0.119. The number of aromatic hydroxyl groups is 1. The minimum Gasteiger partial charge on any atom is -0.508 e. The zero-order chi connectivity index (χ0) is 24.8. The van der Waals surface area contributed by atoms with Gasteiger partial charge in [-0.1, -0.05) is 77.6 Å². The van der Waals surface area contributed by atoms with Crippen LogP contribution in [0.3, 0.4) is 0 Å². The topological polar surface area (TPSA) is 83.1 Å². The van der Waals surface area contributed by atoms with Crippen LogP contribution < -0.4 is 15.4 Å². The average molecular weight is 487 g/mol. The zero-order valence-corrected chi connectivity index (χ0v) is 21.7. The number of hydrogen-bond acceptors (Lipinski definition) is 5. The smallest absolute Gasteiger partial charge is 0.266 e. The maximum Gasteiger partial charge on any atom is 0.266 e. The van der Waals surface area contributed by atoms with E-state index in [2.05, 4.69) is 17.6 Å². The summed E-state index contributed by atoms with van der Waals surface area (Å²) in [6.45, 7) is 5.65. The van der Waals surface area contributed by atoms with Crippen molar-refractivity contribution in [3.8, 4) is 11.5 Å². The molecule has 0 radical (unpaired) electrons. The lowest BCUT2D eigenvalue weighted by Gasteiger charge is -2.24. The number of amides is 1. The lowest BCUT2D eigenvalue weighted by Crippen LogP contribution is -2.37. The van der Waals surface area contributed by atoms with Gasteiger partial charge < -0.3 is 25.2 Å². The highest BCUT2D eigenvalue weighted by molar-refractivity contribution is 6.01. The van der Waals surface area contributed by atoms with E-state index in [1.54, 1.807) is 18.2 Å². The van der Waals surface area contributed by atoms with Crippen molar-refractivity contribution in [3.05, 3.63) is 29.3 Å². The second kappa shape index (κ2) is 15.1. The summed E-state index contributed by atoms with van der Waals surface area (Å²) in [5.41, 5.74) is 1.29. The van der Waals surface area contributed by atoms with E-state index >= 15 is 0 Å². The standard InChI is InChI=1S/C29H46N2O4/c1-2-3-4-13-18-30-19-14-11-9-7-5-6-8-10-12-15-20-31-28(33)26-21-24-16-17-25(32)22-27(24)35-29(26)23-34-29/h16-17,21-22,30,32H,2-15,18-20,23H2,1H3,(H,31,33). The molecule has 3 N–H and O–H groups in total. The summed E-state index contributed by atoms with van der Waals surface area (Å²) >= 11 is 0. The molecule has 1 aromatic carbocycles. The minimum atomic E-state index is -0.977. The van der Waals surface area contributed by atoms with Gasteiger partial charge in [0.1, 0.15) is 18.1 Å². The number of rotatable bonds is 19. The van der Waals surface area contributed by atoms with E-state index in [9.17, 15) is 9.90 Å². The fourth-order valence-electron chi connectivity index (χ4n) is 4.64. The Bertz CT molecular complexity index is 804. The molecule has 0 bridgehead atoms. The molecule has 2 heterocycles. The van der Waals surface area contributed by atoms with Crippen LogP contribution in [-0.4, -0.2) is 43.0 Å². The number of phenolic OH excluding ortho intramolecular Hbond substituents is 1. The number of epoxide rings is 1. The largest absolute Gasteiger partial charge is 0.508 e. The van der Waals surface area contributed by atoms with Gasteiger partial charge in [-0.2, -0.15) is 0 Å². The van der Waals surface area contributed by atoms with E-state index in [1.807, 2.05) is 6.08 Å². The highest BCUT2D eigenvalue weighted by Gasteiger charge is 2.56. The number of unbranched alkanes of at least 4 members (excludes halogenated alkanes) is 12. The molecule has 1 fully saturated rings. The van der Waals surface area contributed by atoms with Gasteiger partial charge in [-0.25, -0.2) is 0 Å². The molecule has 1 saturated heterocycles. The van der Waals surface area contributed by atoms with Gasteiger partial charge in [0.05, 0.1) is 5.57 Å². The van der Waals surface area contributed by atoms with Crippen LogP contribution in [0.2, 0.25) is 0 Å². The van der Waals surface area contributed by atoms with Gasteiger partial charge in [0.2, 0.25) is 0 Å². The van der Waals surface area contributed by atoms with Crippen molar-refractivity contribution < 1.29 is 19.4 Å². The molecule has 0 aromatic heterocycles. The van der Waals surface area contributed by atoms with Crippen LogP contribution in [0.4, 0.5) is 0 Å². The van der Waals surface area contributed by atoms with E-state index in [-0.39, 0.29) is 11.7 Å². The fraction of sp³-hybridized carbons (Fsp3) is 0.690. The van der Waals surface area contributed by atoms with Gasteiger partial charge in [0.25, 0.3) is 11.7 Å². The number of carbonyl (C=O) groups is 1. The number of carbonyl (C=O) groups excluding carboxylic acids is 1. The van der Waals surface area contributed by atoms with Crippen molar-refractivity contribution >= 4 is 12.0 Å². The molecule has 1 unspecified atom stereocenters. The first kappa shape index (κ1) is 27.5. The molecule has 35 heavy (non-hydrogen) atoms. The highest BCUT2D eigenvalue weighted by atomic mass is 16.8. The zero-order valence-electron chi connectivity index (χ0n) is 21.7. The monoisotopic (exact) mass is 486 g/mol. The Balaban J connectivity index is 1.14. The van der Waals surface area contributed by atoms with E-state index in [0.717, 1.165) is 18.4 Å². The molecule has 2 aliphatic heterocycles. The third-order valence-electron chi connectivity index (χ3n) is 6.91. The van der Waals surface area contributed by atoms with E-state index in [4.69, 9.17) is 9.47 Å². The molecule has 1 aromatic rings. The number of phenols is 1. The number of hydrogen-bond donors (Lipinski definition) is 3. The molecule has 3 rings (SSSR count). The maximum absolute atomic E-state index is 12.7. The summed E-state index contributed by atoms with van der Waals surface area (Å²) in [4.78, 5) is 12.7. The first-order valence-electron chi connectivity index (χ1n) is 14.0. The number of fused-ring (bicyclic) bond motifs is 1. The predicted octanol–water partition coefficient (Wildman–Crippen LogP) is 6.08. The summed E-state index contributed by atoms with van der Waals surface area (Å²) < 4.78 is 11.3. The fourth-order valence-corrected chi connectivity index (χ4v) is 4.64. The third-order valence-corrected chi connectivity index (χ3v) is 6.91. The first-order valence-corrected chi connectivity index (χ1v) is 14.0. The van der Waals surface area contributed by atoms with Crippen LogP contribution in [0.5, 0.6) is 11.5 Å². The van der Waals surface area contributed by atoms with Crippen LogP contribution in [0, 0.1) is 0 Å². The van der Waals surface area contributed by atoms with Crippen molar-refractivity contribution in [2.24, 2.45) is 0 Å². The van der Waals surface area contributed by atoms with E-state index in [0.29, 0.717) is 24.5 Å². The van der Waals surface area contributed by atoms with Crippen molar-refractivity contribution in [1.82, 2.24) is 10.6 Å². The molecule has 1 amide bonds. The van der Waals surface area contributed by atoms with Gasteiger partial charge >= 0.3 is 0 Å².